The lowest BCUT2D eigenvalue weighted by Gasteiger charge is -2.28. The second-order valence-electron chi connectivity index (χ2n) is 5.82. The Bertz CT molecular complexity index is 511. The van der Waals surface area contributed by atoms with Gasteiger partial charge >= 0.3 is 5.97 Å². The van der Waals surface area contributed by atoms with Gasteiger partial charge in [-0.3, -0.25) is 9.59 Å². The third-order valence-electron chi connectivity index (χ3n) is 3.93. The highest BCUT2D eigenvalue weighted by Crippen LogP contribution is 2.32. The van der Waals surface area contributed by atoms with Crippen molar-refractivity contribution in [3.05, 3.63) is 30.3 Å². The van der Waals surface area contributed by atoms with E-state index >= 15 is 0 Å². The van der Waals surface area contributed by atoms with Crippen molar-refractivity contribution in [2.75, 3.05) is 19.8 Å². The van der Waals surface area contributed by atoms with Crippen molar-refractivity contribution in [1.82, 2.24) is 5.32 Å². The van der Waals surface area contributed by atoms with Crippen molar-refractivity contribution in [2.24, 2.45) is 0 Å². The molecule has 126 valence electrons. The van der Waals surface area contributed by atoms with Crippen LogP contribution in [0.1, 0.15) is 32.1 Å². The molecule has 0 spiro atoms. The van der Waals surface area contributed by atoms with E-state index in [4.69, 9.17) is 14.6 Å². The summed E-state index contributed by atoms with van der Waals surface area (Å²) in [5.41, 5.74) is -0.604. The first-order chi connectivity index (χ1) is 11.1. The summed E-state index contributed by atoms with van der Waals surface area (Å²) < 4.78 is 10.8. The molecule has 0 bridgehead atoms. The van der Waals surface area contributed by atoms with Crippen molar-refractivity contribution in [3.8, 4) is 5.75 Å². The summed E-state index contributed by atoms with van der Waals surface area (Å²) in [6, 6.07) is 9.37. The summed E-state index contributed by atoms with van der Waals surface area (Å²) in [5, 5.41) is 11.9. The van der Waals surface area contributed by atoms with Crippen LogP contribution in [0.2, 0.25) is 0 Å². The molecule has 1 aromatic rings. The molecule has 1 aliphatic carbocycles. The number of aliphatic carboxylic acids is 1. The van der Waals surface area contributed by atoms with Gasteiger partial charge in [-0.1, -0.05) is 31.0 Å². The maximum absolute atomic E-state index is 11.9. The molecule has 23 heavy (non-hydrogen) atoms. The van der Waals surface area contributed by atoms with Crippen LogP contribution in [-0.4, -0.2) is 42.3 Å². The van der Waals surface area contributed by atoms with Gasteiger partial charge in [0, 0.05) is 0 Å². The van der Waals surface area contributed by atoms with Crippen molar-refractivity contribution < 1.29 is 24.2 Å². The van der Waals surface area contributed by atoms with Gasteiger partial charge in [0.15, 0.2) is 0 Å². The van der Waals surface area contributed by atoms with Crippen LogP contribution in [0.5, 0.6) is 5.75 Å². The third-order valence-corrected chi connectivity index (χ3v) is 3.93. The number of hydrogen-bond acceptors (Lipinski definition) is 4. The second-order valence-corrected chi connectivity index (χ2v) is 5.82. The highest BCUT2D eigenvalue weighted by Gasteiger charge is 2.37. The second kappa shape index (κ2) is 8.53. The van der Waals surface area contributed by atoms with E-state index in [0.717, 1.165) is 18.6 Å². The largest absolute Gasteiger partial charge is 0.491 e. The van der Waals surface area contributed by atoms with Crippen LogP contribution < -0.4 is 10.1 Å². The summed E-state index contributed by atoms with van der Waals surface area (Å²) >= 11 is 0. The quantitative estimate of drug-likeness (QED) is 0.679. The van der Waals surface area contributed by atoms with Gasteiger partial charge in [0.05, 0.1) is 18.6 Å². The first-order valence-corrected chi connectivity index (χ1v) is 7.88. The predicted octanol–water partition coefficient (Wildman–Crippen LogP) is 1.99. The monoisotopic (exact) mass is 321 g/mol. The Morgan fingerprint density at radius 3 is 2.48 bits per heavy atom. The summed E-state index contributed by atoms with van der Waals surface area (Å²) in [7, 11) is 0. The van der Waals surface area contributed by atoms with E-state index in [1.165, 1.54) is 0 Å². The molecule has 1 aliphatic rings. The van der Waals surface area contributed by atoms with E-state index in [9.17, 15) is 9.59 Å². The molecule has 0 atom stereocenters. The number of hydrogen-bond donors (Lipinski definition) is 2. The van der Waals surface area contributed by atoms with Crippen molar-refractivity contribution in [3.63, 3.8) is 0 Å². The lowest BCUT2D eigenvalue weighted by molar-refractivity contribution is -0.139. The molecule has 1 saturated carbocycles. The molecule has 0 unspecified atom stereocenters. The molecular weight excluding hydrogens is 298 g/mol. The number of ether oxygens (including phenoxy) is 2. The van der Waals surface area contributed by atoms with Crippen molar-refractivity contribution in [1.29, 1.82) is 0 Å². The number of nitrogens with one attached hydrogen (secondary N) is 1. The van der Waals surface area contributed by atoms with E-state index in [1.54, 1.807) is 0 Å². The number of para-hydroxylation sites is 1. The van der Waals surface area contributed by atoms with Gasteiger partial charge < -0.3 is 19.9 Å². The topological polar surface area (TPSA) is 84.9 Å². The molecule has 0 radical (unpaired) electrons. The number of carboxylic acids is 1. The Kier molecular flexibility index (Phi) is 6.40. The standard InChI is InChI=1S/C17H23NO5/c19-15(18-17(12-16(20)21)8-4-5-9-17)13-22-10-11-23-14-6-2-1-3-7-14/h1-3,6-7H,4-5,8-13H2,(H,18,19)(H,20,21). The summed E-state index contributed by atoms with van der Waals surface area (Å²) in [4.78, 5) is 22.9. The molecular formula is C17H23NO5. The van der Waals surface area contributed by atoms with E-state index in [2.05, 4.69) is 5.32 Å². The fourth-order valence-electron chi connectivity index (χ4n) is 2.92. The first kappa shape index (κ1) is 17.3. The Hall–Kier alpha value is -2.08. The highest BCUT2D eigenvalue weighted by molar-refractivity contribution is 5.79. The number of benzene rings is 1. The van der Waals surface area contributed by atoms with Crippen LogP contribution in [0.4, 0.5) is 0 Å². The van der Waals surface area contributed by atoms with Crippen LogP contribution in [0, 0.1) is 0 Å². The number of amides is 1. The molecule has 0 heterocycles. The minimum Gasteiger partial charge on any atom is -0.491 e. The minimum atomic E-state index is -0.885. The Balaban J connectivity index is 1.65. The summed E-state index contributed by atoms with van der Waals surface area (Å²) in [5.74, 6) is -0.399. The number of carboxylic acid groups (broad SMARTS) is 1. The smallest absolute Gasteiger partial charge is 0.305 e. The average molecular weight is 321 g/mol. The SMILES string of the molecule is O=C(O)CC1(NC(=O)COCCOc2ccccc2)CCCC1. The Morgan fingerprint density at radius 2 is 1.83 bits per heavy atom. The molecule has 0 aliphatic heterocycles. The van der Waals surface area contributed by atoms with Crippen LogP contribution in [-0.2, 0) is 14.3 Å². The van der Waals surface area contributed by atoms with E-state index < -0.39 is 11.5 Å². The molecule has 0 saturated heterocycles. The molecule has 2 N–H and O–H groups in total. The Morgan fingerprint density at radius 1 is 1.13 bits per heavy atom. The minimum absolute atomic E-state index is 0.0319. The number of carbonyl (C=O) groups excluding carboxylic acids is 1. The van der Waals surface area contributed by atoms with Crippen LogP contribution in [0.15, 0.2) is 30.3 Å². The van der Waals surface area contributed by atoms with Gasteiger partial charge in [-0.15, -0.1) is 0 Å². The normalized spacial score (nSPS) is 16.0. The van der Waals surface area contributed by atoms with Crippen LogP contribution in [0.3, 0.4) is 0 Å². The Labute approximate surface area is 135 Å². The molecule has 1 aromatic carbocycles. The molecule has 1 amide bonds. The summed E-state index contributed by atoms with van der Waals surface area (Å²) in [6.07, 6.45) is 3.28. The van der Waals surface area contributed by atoms with E-state index in [-0.39, 0.29) is 18.9 Å². The summed E-state index contributed by atoms with van der Waals surface area (Å²) in [6.45, 7) is 0.575. The molecule has 2 rings (SSSR count). The lowest BCUT2D eigenvalue weighted by atomic mass is 9.93. The van der Waals surface area contributed by atoms with Gasteiger partial charge in [0.1, 0.15) is 19.0 Å². The molecule has 6 nitrogen and oxygen atoms in total. The zero-order valence-electron chi connectivity index (χ0n) is 13.1. The van der Waals surface area contributed by atoms with Crippen LogP contribution in [0.25, 0.3) is 0 Å². The van der Waals surface area contributed by atoms with Gasteiger partial charge in [-0.25, -0.2) is 0 Å². The third kappa shape index (κ3) is 5.90. The van der Waals surface area contributed by atoms with E-state index in [1.807, 2.05) is 30.3 Å². The maximum Gasteiger partial charge on any atom is 0.305 e. The van der Waals surface area contributed by atoms with E-state index in [0.29, 0.717) is 26.1 Å². The molecule has 6 heteroatoms. The average Bonchev–Trinajstić information content (AvgIpc) is 2.95. The van der Waals surface area contributed by atoms with Gasteiger partial charge in [0.2, 0.25) is 5.91 Å². The first-order valence-electron chi connectivity index (χ1n) is 7.88. The fourth-order valence-corrected chi connectivity index (χ4v) is 2.92. The van der Waals surface area contributed by atoms with Crippen molar-refractivity contribution in [2.45, 2.75) is 37.6 Å². The van der Waals surface area contributed by atoms with Crippen molar-refractivity contribution >= 4 is 11.9 Å². The van der Waals surface area contributed by atoms with Gasteiger partial charge in [-0.2, -0.15) is 0 Å². The number of rotatable bonds is 9. The maximum atomic E-state index is 11.9. The van der Waals surface area contributed by atoms with Gasteiger partial charge in [-0.05, 0) is 25.0 Å². The number of carbonyl (C=O) groups is 2. The lowest BCUT2D eigenvalue weighted by Crippen LogP contribution is -2.49. The van der Waals surface area contributed by atoms with Crippen LogP contribution >= 0.6 is 0 Å². The molecule has 1 fully saturated rings. The molecule has 0 aromatic heterocycles. The zero-order chi connectivity index (χ0) is 16.5. The zero-order valence-corrected chi connectivity index (χ0v) is 13.1. The highest BCUT2D eigenvalue weighted by atomic mass is 16.5. The fraction of sp³-hybridized carbons (Fsp3) is 0.529. The van der Waals surface area contributed by atoms with Gasteiger partial charge in [0.25, 0.3) is 0 Å². The predicted molar refractivity (Wildman–Crippen MR) is 84.4 cm³/mol.